The van der Waals surface area contributed by atoms with Crippen molar-refractivity contribution in [3.63, 3.8) is 0 Å². The molecular formula is C15H16FNO2. The fourth-order valence-corrected chi connectivity index (χ4v) is 2.07. The standard InChI is InChI=1S/C15H16FNO2/c16-14-7-6-12(4-1-2-9-18)10-13(14)11-17-8-3-5-15(17)19/h6-7,10,18H,2-3,5,8-9,11H2. The summed E-state index contributed by atoms with van der Waals surface area (Å²) in [6.45, 7) is 1.02. The number of carbonyl (C=O) groups excluding carboxylic acids is 1. The smallest absolute Gasteiger partial charge is 0.222 e. The van der Waals surface area contributed by atoms with Crippen LogP contribution in [0.4, 0.5) is 4.39 Å². The minimum Gasteiger partial charge on any atom is -0.395 e. The lowest BCUT2D eigenvalue weighted by molar-refractivity contribution is -0.128. The molecule has 100 valence electrons. The average Bonchev–Trinajstić information content (AvgIpc) is 2.79. The molecule has 0 atom stereocenters. The van der Waals surface area contributed by atoms with E-state index in [1.165, 1.54) is 6.07 Å². The van der Waals surface area contributed by atoms with Crippen molar-refractivity contribution >= 4 is 5.91 Å². The Labute approximate surface area is 112 Å². The monoisotopic (exact) mass is 261 g/mol. The van der Waals surface area contributed by atoms with Crippen molar-refractivity contribution in [3.05, 3.63) is 35.1 Å². The van der Waals surface area contributed by atoms with Crippen molar-refractivity contribution < 1.29 is 14.3 Å². The highest BCUT2D eigenvalue weighted by Gasteiger charge is 2.21. The fraction of sp³-hybridized carbons (Fsp3) is 0.400. The molecule has 0 aromatic heterocycles. The highest BCUT2D eigenvalue weighted by atomic mass is 19.1. The molecule has 3 nitrogen and oxygen atoms in total. The summed E-state index contributed by atoms with van der Waals surface area (Å²) in [6, 6.07) is 4.65. The van der Waals surface area contributed by atoms with Crippen LogP contribution in [0, 0.1) is 17.7 Å². The first-order chi connectivity index (χ1) is 9.20. The van der Waals surface area contributed by atoms with Crippen LogP contribution in [-0.2, 0) is 11.3 Å². The quantitative estimate of drug-likeness (QED) is 0.841. The van der Waals surface area contributed by atoms with Gasteiger partial charge in [-0.15, -0.1) is 0 Å². The van der Waals surface area contributed by atoms with Crippen LogP contribution >= 0.6 is 0 Å². The van der Waals surface area contributed by atoms with E-state index in [1.54, 1.807) is 17.0 Å². The van der Waals surface area contributed by atoms with E-state index in [9.17, 15) is 9.18 Å². The molecule has 4 heteroatoms. The molecule has 0 bridgehead atoms. The lowest BCUT2D eigenvalue weighted by Gasteiger charge is -2.16. The third kappa shape index (κ3) is 3.55. The Balaban J connectivity index is 2.13. The number of aliphatic hydroxyl groups is 1. The summed E-state index contributed by atoms with van der Waals surface area (Å²) in [5.41, 5.74) is 1.20. The second-order valence-corrected chi connectivity index (χ2v) is 4.50. The van der Waals surface area contributed by atoms with Crippen molar-refractivity contribution in [2.24, 2.45) is 0 Å². The second-order valence-electron chi connectivity index (χ2n) is 4.50. The van der Waals surface area contributed by atoms with Crippen molar-refractivity contribution in [1.29, 1.82) is 0 Å². The normalized spacial score (nSPS) is 14.4. The van der Waals surface area contributed by atoms with E-state index in [4.69, 9.17) is 5.11 Å². The largest absolute Gasteiger partial charge is 0.395 e. The Morgan fingerprint density at radius 2 is 2.26 bits per heavy atom. The van der Waals surface area contributed by atoms with Crippen LogP contribution in [0.5, 0.6) is 0 Å². The number of benzene rings is 1. The molecule has 0 spiro atoms. The minimum absolute atomic E-state index is 0.0172. The maximum absolute atomic E-state index is 13.7. The topological polar surface area (TPSA) is 40.5 Å². The van der Waals surface area contributed by atoms with Crippen LogP contribution in [0.1, 0.15) is 30.4 Å². The number of carbonyl (C=O) groups is 1. The maximum Gasteiger partial charge on any atom is 0.222 e. The maximum atomic E-state index is 13.7. The molecule has 1 amide bonds. The van der Waals surface area contributed by atoms with E-state index in [0.717, 1.165) is 6.42 Å². The highest BCUT2D eigenvalue weighted by Crippen LogP contribution is 2.17. The van der Waals surface area contributed by atoms with E-state index < -0.39 is 0 Å². The molecule has 1 heterocycles. The van der Waals surface area contributed by atoms with Gasteiger partial charge in [-0.3, -0.25) is 4.79 Å². The molecule has 1 fully saturated rings. The van der Waals surface area contributed by atoms with Crippen molar-refractivity contribution in [1.82, 2.24) is 4.90 Å². The molecule has 0 unspecified atom stereocenters. The Morgan fingerprint density at radius 3 is 2.95 bits per heavy atom. The van der Waals surface area contributed by atoms with E-state index >= 15 is 0 Å². The van der Waals surface area contributed by atoms with Crippen molar-refractivity contribution in [2.75, 3.05) is 13.2 Å². The number of hydrogen-bond acceptors (Lipinski definition) is 2. The van der Waals surface area contributed by atoms with Gasteiger partial charge in [0.15, 0.2) is 0 Å². The van der Waals surface area contributed by atoms with Crippen LogP contribution in [0.2, 0.25) is 0 Å². The van der Waals surface area contributed by atoms with Crippen molar-refractivity contribution in [2.45, 2.75) is 25.8 Å². The highest BCUT2D eigenvalue weighted by molar-refractivity contribution is 5.78. The Hall–Kier alpha value is -1.86. The third-order valence-electron chi connectivity index (χ3n) is 3.05. The van der Waals surface area contributed by atoms with E-state index in [-0.39, 0.29) is 18.3 Å². The first-order valence-electron chi connectivity index (χ1n) is 6.36. The van der Waals surface area contributed by atoms with E-state index in [0.29, 0.717) is 37.1 Å². The number of rotatable bonds is 3. The molecule has 1 aromatic carbocycles. The van der Waals surface area contributed by atoms with Crippen molar-refractivity contribution in [3.8, 4) is 11.8 Å². The third-order valence-corrected chi connectivity index (χ3v) is 3.05. The van der Waals surface area contributed by atoms with Gasteiger partial charge >= 0.3 is 0 Å². The van der Waals surface area contributed by atoms with Gasteiger partial charge in [-0.25, -0.2) is 4.39 Å². The number of likely N-dealkylation sites (tertiary alicyclic amines) is 1. The first-order valence-corrected chi connectivity index (χ1v) is 6.36. The SMILES string of the molecule is O=C1CCCN1Cc1cc(C#CCCO)ccc1F. The minimum atomic E-state index is -0.313. The summed E-state index contributed by atoms with van der Waals surface area (Å²) in [5, 5.41) is 8.66. The summed E-state index contributed by atoms with van der Waals surface area (Å²) in [4.78, 5) is 13.2. The van der Waals surface area contributed by atoms with Gasteiger partial charge in [-0.2, -0.15) is 0 Å². The zero-order valence-electron chi connectivity index (χ0n) is 10.7. The Bertz CT molecular complexity index is 531. The van der Waals surface area contributed by atoms with Crippen LogP contribution in [-0.4, -0.2) is 29.1 Å². The molecule has 1 aromatic rings. The van der Waals surface area contributed by atoms with Gasteiger partial charge in [0.05, 0.1) is 6.61 Å². The van der Waals surface area contributed by atoms with Gasteiger partial charge in [0.2, 0.25) is 5.91 Å². The summed E-state index contributed by atoms with van der Waals surface area (Å²) in [7, 11) is 0. The average molecular weight is 261 g/mol. The summed E-state index contributed by atoms with van der Waals surface area (Å²) < 4.78 is 13.7. The van der Waals surface area contributed by atoms with Gasteiger partial charge in [-0.05, 0) is 24.6 Å². The van der Waals surface area contributed by atoms with E-state index in [2.05, 4.69) is 11.8 Å². The molecule has 1 N–H and O–H groups in total. The van der Waals surface area contributed by atoms with Gasteiger partial charge in [0.25, 0.3) is 0 Å². The predicted octanol–water partition coefficient (Wildman–Crippen LogP) is 1.68. The molecular weight excluding hydrogens is 245 g/mol. The van der Waals surface area contributed by atoms with Gasteiger partial charge < -0.3 is 10.0 Å². The summed E-state index contributed by atoms with van der Waals surface area (Å²) in [6.07, 6.45) is 1.80. The molecule has 2 rings (SSSR count). The lowest BCUT2D eigenvalue weighted by atomic mass is 10.1. The van der Waals surface area contributed by atoms with Crippen LogP contribution < -0.4 is 0 Å². The van der Waals surface area contributed by atoms with Gasteiger partial charge in [0.1, 0.15) is 5.82 Å². The summed E-state index contributed by atoms with van der Waals surface area (Å²) >= 11 is 0. The zero-order chi connectivity index (χ0) is 13.7. The fourth-order valence-electron chi connectivity index (χ4n) is 2.07. The first kappa shape index (κ1) is 13.6. The zero-order valence-corrected chi connectivity index (χ0v) is 10.7. The Morgan fingerprint density at radius 1 is 1.42 bits per heavy atom. The van der Waals surface area contributed by atoms with E-state index in [1.807, 2.05) is 0 Å². The van der Waals surface area contributed by atoms with Crippen LogP contribution in [0.3, 0.4) is 0 Å². The lowest BCUT2D eigenvalue weighted by Crippen LogP contribution is -2.24. The summed E-state index contributed by atoms with van der Waals surface area (Å²) in [5.74, 6) is 5.43. The molecule has 0 radical (unpaired) electrons. The second kappa shape index (κ2) is 6.35. The molecule has 0 saturated carbocycles. The van der Waals surface area contributed by atoms with Gasteiger partial charge in [-0.1, -0.05) is 11.8 Å². The number of halogens is 1. The Kier molecular flexibility index (Phi) is 4.53. The van der Waals surface area contributed by atoms with Gasteiger partial charge in [0, 0.05) is 37.1 Å². The van der Waals surface area contributed by atoms with Crippen LogP contribution in [0.25, 0.3) is 0 Å². The molecule has 1 aliphatic rings. The number of amides is 1. The molecule has 1 aliphatic heterocycles. The number of hydrogen-bond donors (Lipinski definition) is 1. The molecule has 0 aliphatic carbocycles. The number of aliphatic hydroxyl groups excluding tert-OH is 1. The molecule has 1 saturated heterocycles. The van der Waals surface area contributed by atoms with Crippen LogP contribution in [0.15, 0.2) is 18.2 Å². The number of nitrogens with zero attached hydrogens (tertiary/aromatic N) is 1. The molecule has 19 heavy (non-hydrogen) atoms. The predicted molar refractivity (Wildman–Crippen MR) is 69.6 cm³/mol.